The van der Waals surface area contributed by atoms with Crippen molar-refractivity contribution in [3.63, 3.8) is 0 Å². The first-order valence-corrected chi connectivity index (χ1v) is 10.7. The van der Waals surface area contributed by atoms with Gasteiger partial charge in [0, 0.05) is 16.8 Å². The first kappa shape index (κ1) is 22.3. The van der Waals surface area contributed by atoms with E-state index in [1.165, 1.54) is 6.07 Å². The van der Waals surface area contributed by atoms with Crippen LogP contribution in [0.3, 0.4) is 0 Å². The number of nitrogens with zero attached hydrogens (tertiary/aromatic N) is 2. The summed E-state index contributed by atoms with van der Waals surface area (Å²) in [5.74, 6) is -0.752. The van der Waals surface area contributed by atoms with Crippen LogP contribution in [-0.2, 0) is 4.79 Å². The van der Waals surface area contributed by atoms with Crippen molar-refractivity contribution < 1.29 is 9.59 Å². The Morgan fingerprint density at radius 1 is 1.06 bits per heavy atom. The normalized spacial score (nSPS) is 11.9. The van der Waals surface area contributed by atoms with Crippen molar-refractivity contribution in [1.82, 2.24) is 14.8 Å². The predicted molar refractivity (Wildman–Crippen MR) is 129 cm³/mol. The molecule has 2 heterocycles. The van der Waals surface area contributed by atoms with Gasteiger partial charge in [0.1, 0.15) is 11.7 Å². The fourth-order valence-corrected chi connectivity index (χ4v) is 3.84. The van der Waals surface area contributed by atoms with Crippen LogP contribution >= 0.6 is 11.6 Å². The van der Waals surface area contributed by atoms with Crippen molar-refractivity contribution in [2.24, 2.45) is 0 Å². The number of hydrogen-bond donors (Lipinski definition) is 3. The largest absolute Gasteiger partial charge is 0.323 e. The number of pyridine rings is 1. The molecule has 0 saturated carbocycles. The van der Waals surface area contributed by atoms with Crippen LogP contribution in [0.4, 0.5) is 11.4 Å². The van der Waals surface area contributed by atoms with Crippen LogP contribution < -0.4 is 16.2 Å². The minimum atomic E-state index is -0.529. The van der Waals surface area contributed by atoms with E-state index in [2.05, 4.69) is 20.7 Å². The van der Waals surface area contributed by atoms with Crippen molar-refractivity contribution in [3.05, 3.63) is 87.1 Å². The van der Waals surface area contributed by atoms with Gasteiger partial charge in [-0.25, -0.2) is 0 Å². The predicted octanol–water partition coefficient (Wildman–Crippen LogP) is 4.45. The highest BCUT2D eigenvalue weighted by Gasteiger charge is 2.19. The molecule has 8 nitrogen and oxygen atoms in total. The lowest BCUT2D eigenvalue weighted by molar-refractivity contribution is -0.119. The van der Waals surface area contributed by atoms with E-state index in [1.807, 2.05) is 19.9 Å². The zero-order chi connectivity index (χ0) is 23.7. The molecule has 2 aromatic heterocycles. The molecular weight excluding hydrogens is 442 g/mol. The number of rotatable bonds is 5. The van der Waals surface area contributed by atoms with Gasteiger partial charge >= 0.3 is 0 Å². The number of aromatic amines is 1. The zero-order valence-electron chi connectivity index (χ0n) is 18.3. The quantitative estimate of drug-likeness (QED) is 0.406. The van der Waals surface area contributed by atoms with Crippen molar-refractivity contribution in [2.45, 2.75) is 26.8 Å². The number of hydrogen-bond acceptors (Lipinski definition) is 4. The molecule has 0 radical (unpaired) electrons. The molecule has 9 heteroatoms. The minimum absolute atomic E-state index is 0.130. The lowest BCUT2D eigenvalue weighted by atomic mass is 10.1. The standard InChI is InChI=1S/C24H22ClN5O3/c1-13-10-14(2)30(29-13)15(3)22(31)27-20-9-8-17(12-19(20)25)26-24(33)21-11-16-6-4-5-7-18(16)23(32)28-21/h4-12,15H,1-3H3,(H,26,33)(H,27,31)(H,28,32). The maximum Gasteiger partial charge on any atom is 0.272 e. The molecule has 0 aliphatic carbocycles. The first-order valence-electron chi connectivity index (χ1n) is 10.3. The minimum Gasteiger partial charge on any atom is -0.323 e. The van der Waals surface area contributed by atoms with Crippen LogP contribution in [0.1, 0.15) is 34.8 Å². The highest BCUT2D eigenvalue weighted by molar-refractivity contribution is 6.34. The van der Waals surface area contributed by atoms with E-state index >= 15 is 0 Å². The second-order valence-electron chi connectivity index (χ2n) is 7.79. The molecule has 0 aliphatic heterocycles. The van der Waals surface area contributed by atoms with Gasteiger partial charge in [0.15, 0.2) is 0 Å². The molecule has 168 valence electrons. The van der Waals surface area contributed by atoms with Gasteiger partial charge in [0.2, 0.25) is 5.91 Å². The molecule has 1 atom stereocenters. The van der Waals surface area contributed by atoms with Crippen molar-refractivity contribution >= 4 is 45.6 Å². The molecule has 2 aromatic carbocycles. The Hall–Kier alpha value is -3.91. The molecule has 33 heavy (non-hydrogen) atoms. The van der Waals surface area contributed by atoms with Crippen molar-refractivity contribution in [1.29, 1.82) is 0 Å². The summed E-state index contributed by atoms with van der Waals surface area (Å²) in [6, 6.07) is 14.8. The molecule has 2 amide bonds. The van der Waals surface area contributed by atoms with E-state index in [1.54, 1.807) is 54.1 Å². The summed E-state index contributed by atoms with van der Waals surface area (Å²) in [6.45, 7) is 5.50. The van der Waals surface area contributed by atoms with Crippen LogP contribution in [-0.4, -0.2) is 26.6 Å². The van der Waals surface area contributed by atoms with E-state index in [0.29, 0.717) is 22.1 Å². The number of carbonyl (C=O) groups is 2. The van der Waals surface area contributed by atoms with Gasteiger partial charge in [-0.2, -0.15) is 5.10 Å². The zero-order valence-corrected chi connectivity index (χ0v) is 19.0. The Balaban J connectivity index is 1.48. The van der Waals surface area contributed by atoms with Crippen LogP contribution in [0.15, 0.2) is 59.4 Å². The van der Waals surface area contributed by atoms with Gasteiger partial charge < -0.3 is 15.6 Å². The first-order chi connectivity index (χ1) is 15.7. The number of nitrogens with one attached hydrogen (secondary N) is 3. The number of carbonyl (C=O) groups excluding carboxylic acids is 2. The fraction of sp³-hybridized carbons (Fsp3) is 0.167. The van der Waals surface area contributed by atoms with Crippen LogP contribution in [0.2, 0.25) is 5.02 Å². The average molecular weight is 464 g/mol. The molecule has 3 N–H and O–H groups in total. The Labute approximate surface area is 194 Å². The molecule has 0 fully saturated rings. The third-order valence-corrected chi connectivity index (χ3v) is 5.59. The molecule has 1 unspecified atom stereocenters. The number of halogens is 1. The molecule has 4 aromatic rings. The molecule has 0 bridgehead atoms. The number of fused-ring (bicyclic) bond motifs is 1. The second-order valence-corrected chi connectivity index (χ2v) is 8.19. The Kier molecular flexibility index (Phi) is 6.02. The lowest BCUT2D eigenvalue weighted by Gasteiger charge is -2.16. The van der Waals surface area contributed by atoms with Gasteiger partial charge in [0.25, 0.3) is 11.5 Å². The SMILES string of the molecule is Cc1cc(C)n(C(C)C(=O)Nc2ccc(NC(=O)c3cc4ccccc4c(=O)[nH]3)cc2Cl)n1. The molecule has 0 aliphatic rings. The number of H-pyrrole nitrogens is 1. The monoisotopic (exact) mass is 463 g/mol. The van der Waals surface area contributed by atoms with Gasteiger partial charge in [-0.1, -0.05) is 29.8 Å². The summed E-state index contributed by atoms with van der Waals surface area (Å²) in [5.41, 5.74) is 2.33. The summed E-state index contributed by atoms with van der Waals surface area (Å²) >= 11 is 6.35. The van der Waals surface area contributed by atoms with E-state index in [9.17, 15) is 14.4 Å². The van der Waals surface area contributed by atoms with Crippen LogP contribution in [0.5, 0.6) is 0 Å². The summed E-state index contributed by atoms with van der Waals surface area (Å²) in [5, 5.41) is 11.3. The Bertz CT molecular complexity index is 1440. The average Bonchev–Trinajstić information content (AvgIpc) is 3.12. The summed E-state index contributed by atoms with van der Waals surface area (Å²) < 4.78 is 1.65. The Morgan fingerprint density at radius 3 is 2.52 bits per heavy atom. The number of aromatic nitrogens is 3. The van der Waals surface area contributed by atoms with Crippen LogP contribution in [0, 0.1) is 13.8 Å². The number of aryl methyl sites for hydroxylation is 2. The van der Waals surface area contributed by atoms with Crippen LogP contribution in [0.25, 0.3) is 10.8 Å². The van der Waals surface area contributed by atoms with Gasteiger partial charge in [-0.05, 0) is 62.6 Å². The van der Waals surface area contributed by atoms with E-state index in [4.69, 9.17) is 11.6 Å². The van der Waals surface area contributed by atoms with Gasteiger partial charge in [-0.15, -0.1) is 0 Å². The maximum absolute atomic E-state index is 12.7. The topological polar surface area (TPSA) is 109 Å². The van der Waals surface area contributed by atoms with E-state index < -0.39 is 11.9 Å². The molecule has 4 rings (SSSR count). The number of benzene rings is 2. The second kappa shape index (κ2) is 8.91. The molecular formula is C24H22ClN5O3. The van der Waals surface area contributed by atoms with Crippen molar-refractivity contribution in [3.8, 4) is 0 Å². The Morgan fingerprint density at radius 2 is 1.82 bits per heavy atom. The van der Waals surface area contributed by atoms with Gasteiger partial charge in [0.05, 0.1) is 16.4 Å². The number of anilines is 2. The van der Waals surface area contributed by atoms with E-state index in [-0.39, 0.29) is 22.2 Å². The highest BCUT2D eigenvalue weighted by atomic mass is 35.5. The summed E-state index contributed by atoms with van der Waals surface area (Å²) in [7, 11) is 0. The molecule has 0 saturated heterocycles. The summed E-state index contributed by atoms with van der Waals surface area (Å²) in [6.07, 6.45) is 0. The maximum atomic E-state index is 12.7. The summed E-state index contributed by atoms with van der Waals surface area (Å²) in [4.78, 5) is 40.2. The van der Waals surface area contributed by atoms with Crippen molar-refractivity contribution in [2.75, 3.05) is 10.6 Å². The number of amides is 2. The fourth-order valence-electron chi connectivity index (χ4n) is 3.61. The third-order valence-electron chi connectivity index (χ3n) is 5.27. The molecule has 0 spiro atoms. The highest BCUT2D eigenvalue weighted by Crippen LogP contribution is 2.27. The lowest BCUT2D eigenvalue weighted by Crippen LogP contribution is -2.25. The smallest absolute Gasteiger partial charge is 0.272 e. The van der Waals surface area contributed by atoms with Gasteiger partial charge in [-0.3, -0.25) is 19.1 Å². The third kappa shape index (κ3) is 4.65. The van der Waals surface area contributed by atoms with E-state index in [0.717, 1.165) is 11.4 Å².